The molecule has 2 aliphatic rings. The number of fused-ring (bicyclic) bond motifs is 1. The molecule has 0 saturated carbocycles. The number of aliphatic hydroxyl groups excluding tert-OH is 1. The first-order chi connectivity index (χ1) is 21.5. The summed E-state index contributed by atoms with van der Waals surface area (Å²) in [5.41, 5.74) is 0.839. The minimum atomic E-state index is -4.74. The van der Waals surface area contributed by atoms with Crippen molar-refractivity contribution >= 4 is 29.0 Å². The minimum absolute atomic E-state index is 0.0617. The molecule has 5 heterocycles. The smallest absolute Gasteiger partial charge is 0.392 e. The van der Waals surface area contributed by atoms with Crippen molar-refractivity contribution in [3.63, 3.8) is 0 Å². The zero-order chi connectivity index (χ0) is 31.9. The second kappa shape index (κ2) is 11.8. The number of β-amino-alcohol motifs (C(OH)–C–C–N with tert-alkyl or cyclic N) is 1. The van der Waals surface area contributed by atoms with Crippen LogP contribution in [0.25, 0.3) is 16.9 Å². The molecule has 2 aliphatic heterocycles. The van der Waals surface area contributed by atoms with E-state index < -0.39 is 24.0 Å². The van der Waals surface area contributed by atoms with Gasteiger partial charge in [-0.25, -0.2) is 9.97 Å². The van der Waals surface area contributed by atoms with E-state index in [4.69, 9.17) is 5.26 Å². The maximum absolute atomic E-state index is 13.8. The molecule has 2 saturated heterocycles. The summed E-state index contributed by atoms with van der Waals surface area (Å²) in [4.78, 5) is 38.1. The molecule has 0 aliphatic carbocycles. The van der Waals surface area contributed by atoms with Crippen LogP contribution in [0.15, 0.2) is 43.0 Å². The van der Waals surface area contributed by atoms with Crippen molar-refractivity contribution in [2.24, 2.45) is 0 Å². The number of imidazole rings is 1. The highest BCUT2D eigenvalue weighted by Crippen LogP contribution is 2.37. The van der Waals surface area contributed by atoms with Crippen LogP contribution in [0.5, 0.6) is 0 Å². The van der Waals surface area contributed by atoms with Crippen molar-refractivity contribution in [2.75, 3.05) is 38.0 Å². The van der Waals surface area contributed by atoms with Gasteiger partial charge >= 0.3 is 6.18 Å². The van der Waals surface area contributed by atoms with Crippen LogP contribution in [0.3, 0.4) is 0 Å². The van der Waals surface area contributed by atoms with Crippen molar-refractivity contribution in [1.29, 1.82) is 5.26 Å². The number of rotatable bonds is 6. The van der Waals surface area contributed by atoms with E-state index in [9.17, 15) is 27.9 Å². The largest absolute Gasteiger partial charge is 0.435 e. The average Bonchev–Trinajstić information content (AvgIpc) is 3.75. The van der Waals surface area contributed by atoms with Gasteiger partial charge in [0.15, 0.2) is 17.2 Å². The fourth-order valence-corrected chi connectivity index (χ4v) is 5.72. The molecule has 45 heavy (non-hydrogen) atoms. The van der Waals surface area contributed by atoms with E-state index in [-0.39, 0.29) is 41.1 Å². The number of benzene rings is 1. The molecular weight excluding hydrogens is 593 g/mol. The molecule has 0 bridgehead atoms. The van der Waals surface area contributed by atoms with Gasteiger partial charge < -0.3 is 25.5 Å². The number of aryl methyl sites for hydroxylation is 1. The maximum Gasteiger partial charge on any atom is 0.435 e. The molecule has 0 radical (unpaired) electrons. The van der Waals surface area contributed by atoms with Gasteiger partial charge in [0.1, 0.15) is 6.54 Å². The maximum atomic E-state index is 13.8. The SMILES string of the molecule is Cc1cc(Nc2nccn3c(-c4cn(CC#N)nc4C(F)(F)F)cnc23)ccc1C(=O)N1CCN(C(=O)[C@@H]2C[C@@H](O)CN2)CC1. The van der Waals surface area contributed by atoms with E-state index in [1.165, 1.54) is 23.0 Å². The van der Waals surface area contributed by atoms with Crippen molar-refractivity contribution in [3.8, 4) is 17.3 Å². The number of alkyl halides is 3. The second-order valence-corrected chi connectivity index (χ2v) is 11.0. The molecule has 0 unspecified atom stereocenters. The Bertz CT molecular complexity index is 1800. The molecule has 2 fully saturated rings. The molecule has 1 aromatic carbocycles. The Morgan fingerprint density at radius 3 is 2.60 bits per heavy atom. The molecule has 3 aromatic heterocycles. The van der Waals surface area contributed by atoms with Gasteiger partial charge in [-0.15, -0.1) is 0 Å². The number of nitriles is 1. The van der Waals surface area contributed by atoms with Gasteiger partial charge in [-0.1, -0.05) is 0 Å². The number of hydrogen-bond donors (Lipinski definition) is 3. The Kier molecular flexibility index (Phi) is 7.89. The number of aromatic nitrogens is 5. The van der Waals surface area contributed by atoms with E-state index in [0.717, 1.165) is 10.9 Å². The van der Waals surface area contributed by atoms with Gasteiger partial charge in [0.25, 0.3) is 5.91 Å². The van der Waals surface area contributed by atoms with Gasteiger partial charge in [0, 0.05) is 62.6 Å². The summed E-state index contributed by atoms with van der Waals surface area (Å²) in [7, 11) is 0. The normalized spacial score (nSPS) is 18.8. The van der Waals surface area contributed by atoms with Crippen molar-refractivity contribution < 1.29 is 27.9 Å². The highest BCUT2D eigenvalue weighted by molar-refractivity contribution is 5.96. The Balaban J connectivity index is 1.17. The van der Waals surface area contributed by atoms with Gasteiger partial charge in [-0.2, -0.15) is 23.5 Å². The monoisotopic (exact) mass is 622 g/mol. The predicted octanol–water partition coefficient (Wildman–Crippen LogP) is 2.19. The summed E-state index contributed by atoms with van der Waals surface area (Å²) in [5, 5.41) is 28.4. The molecule has 0 spiro atoms. The van der Waals surface area contributed by atoms with Crippen molar-refractivity contribution in [2.45, 2.75) is 38.2 Å². The lowest BCUT2D eigenvalue weighted by Gasteiger charge is -2.36. The average molecular weight is 623 g/mol. The number of carbonyl (C=O) groups excluding carboxylic acids is 2. The third-order valence-electron chi connectivity index (χ3n) is 7.97. The Labute approximate surface area is 254 Å². The first-order valence-electron chi connectivity index (χ1n) is 14.2. The van der Waals surface area contributed by atoms with Gasteiger partial charge in [0.2, 0.25) is 5.91 Å². The molecule has 6 rings (SSSR count). The minimum Gasteiger partial charge on any atom is -0.392 e. The number of nitrogens with one attached hydrogen (secondary N) is 2. The van der Waals surface area contributed by atoms with Gasteiger partial charge in [-0.05, 0) is 37.1 Å². The number of anilines is 2. The van der Waals surface area contributed by atoms with E-state index in [1.54, 1.807) is 41.0 Å². The highest BCUT2D eigenvalue weighted by Gasteiger charge is 2.38. The van der Waals surface area contributed by atoms with Crippen LogP contribution < -0.4 is 10.6 Å². The quantitative estimate of drug-likeness (QED) is 0.293. The lowest BCUT2D eigenvalue weighted by atomic mass is 10.1. The lowest BCUT2D eigenvalue weighted by Crippen LogP contribution is -2.54. The van der Waals surface area contributed by atoms with Crippen LogP contribution in [0.4, 0.5) is 24.7 Å². The van der Waals surface area contributed by atoms with Crippen LogP contribution in [0.2, 0.25) is 0 Å². The number of carbonyl (C=O) groups is 2. The van der Waals surface area contributed by atoms with E-state index in [1.807, 2.05) is 0 Å². The fourth-order valence-electron chi connectivity index (χ4n) is 5.72. The molecule has 13 nitrogen and oxygen atoms in total. The van der Waals surface area contributed by atoms with Crippen molar-refractivity contribution in [1.82, 2.24) is 39.3 Å². The van der Waals surface area contributed by atoms with E-state index >= 15 is 0 Å². The number of hydrogen-bond acceptors (Lipinski definition) is 9. The Morgan fingerprint density at radius 1 is 1.18 bits per heavy atom. The molecule has 2 atom stereocenters. The second-order valence-electron chi connectivity index (χ2n) is 11.0. The summed E-state index contributed by atoms with van der Waals surface area (Å²) in [6.07, 6.45) is 0.481. The van der Waals surface area contributed by atoms with Crippen LogP contribution >= 0.6 is 0 Å². The molecule has 2 amide bonds. The zero-order valence-corrected chi connectivity index (χ0v) is 24.1. The lowest BCUT2D eigenvalue weighted by molar-refractivity contribution is -0.141. The number of nitrogens with zero attached hydrogens (tertiary/aromatic N) is 8. The van der Waals surface area contributed by atoms with Gasteiger partial charge in [-0.3, -0.25) is 18.7 Å². The topological polar surface area (TPSA) is 157 Å². The summed E-state index contributed by atoms with van der Waals surface area (Å²) in [5.74, 6) is 0.0645. The third-order valence-corrected chi connectivity index (χ3v) is 7.97. The van der Waals surface area contributed by atoms with Crippen LogP contribution in [0, 0.1) is 18.3 Å². The fraction of sp³-hybridized carbons (Fsp3) is 0.379. The first-order valence-corrected chi connectivity index (χ1v) is 14.2. The summed E-state index contributed by atoms with van der Waals surface area (Å²) >= 11 is 0. The highest BCUT2D eigenvalue weighted by atomic mass is 19.4. The summed E-state index contributed by atoms with van der Waals surface area (Å²) in [6, 6.07) is 6.56. The zero-order valence-electron chi connectivity index (χ0n) is 24.1. The van der Waals surface area contributed by atoms with Crippen LogP contribution in [-0.4, -0.2) is 95.7 Å². The number of piperazine rings is 1. The standard InChI is InChI=1S/C29H29F3N10O3/c1-17-12-18(2-3-20(17)27(44)39-8-10-40(11-9-39)28(45)22-13-19(43)14-35-22)37-25-26-36-15-23(42(26)7-5-34-25)21-16-41(6-4-33)38-24(21)29(30,31)32/h2-3,5,7,12,15-16,19,22,35,43H,6,8-11,13-14H2,1H3,(H,34,37)/t19-,22+/m1/s1. The summed E-state index contributed by atoms with van der Waals surface area (Å²) < 4.78 is 43.7. The first kappa shape index (κ1) is 30.0. The Hall–Kier alpha value is -5.01. The summed E-state index contributed by atoms with van der Waals surface area (Å²) in [6.45, 7) is 3.44. The van der Waals surface area contributed by atoms with Gasteiger partial charge in [0.05, 0.1) is 35.7 Å². The molecular formula is C29H29F3N10O3. The number of amides is 2. The molecule has 3 N–H and O–H groups in total. The van der Waals surface area contributed by atoms with Crippen LogP contribution in [0.1, 0.15) is 28.0 Å². The number of halogens is 3. The van der Waals surface area contributed by atoms with E-state index in [2.05, 4.69) is 25.7 Å². The molecule has 234 valence electrons. The van der Waals surface area contributed by atoms with Crippen molar-refractivity contribution in [3.05, 3.63) is 59.8 Å². The molecule has 16 heteroatoms. The number of aliphatic hydroxyl groups is 1. The Morgan fingerprint density at radius 2 is 1.93 bits per heavy atom. The molecule has 4 aromatic rings. The van der Waals surface area contributed by atoms with Crippen LogP contribution in [-0.2, 0) is 17.5 Å². The third kappa shape index (κ3) is 5.91. The predicted molar refractivity (Wildman–Crippen MR) is 154 cm³/mol. The van der Waals surface area contributed by atoms with E-state index in [0.29, 0.717) is 56.0 Å².